The second-order valence-corrected chi connectivity index (χ2v) is 8.09. The van der Waals surface area contributed by atoms with Crippen LogP contribution in [0.4, 0.5) is 14.9 Å². The van der Waals surface area contributed by atoms with Crippen LogP contribution in [0.5, 0.6) is 5.75 Å². The Morgan fingerprint density at radius 2 is 1.74 bits per heavy atom. The molecule has 0 atom stereocenters. The van der Waals surface area contributed by atoms with E-state index in [0.717, 1.165) is 21.6 Å². The maximum absolute atomic E-state index is 14.1. The van der Waals surface area contributed by atoms with Gasteiger partial charge >= 0.3 is 6.03 Å². The maximum atomic E-state index is 14.1. The van der Waals surface area contributed by atoms with Crippen molar-refractivity contribution in [1.82, 2.24) is 5.32 Å². The van der Waals surface area contributed by atoms with E-state index in [1.165, 1.54) is 19.3 Å². The second-order valence-electron chi connectivity index (χ2n) is 8.09. The number of benzene rings is 3. The average Bonchev–Trinajstić information content (AvgIpc) is 2.80. The van der Waals surface area contributed by atoms with Crippen LogP contribution in [-0.2, 0) is 16.0 Å². The maximum Gasteiger partial charge on any atom is 0.335 e. The highest BCUT2D eigenvalue weighted by Crippen LogP contribution is 2.28. The number of amides is 4. The Balaban J connectivity index is 1.68. The lowest BCUT2D eigenvalue weighted by Gasteiger charge is -2.27. The zero-order chi connectivity index (χ0) is 24.4. The van der Waals surface area contributed by atoms with Crippen LogP contribution in [-0.4, -0.2) is 25.0 Å². The van der Waals surface area contributed by atoms with Gasteiger partial charge in [0.15, 0.2) is 0 Å². The standard InChI is InChI=1S/C27H23FN2O4/c1-16-8-11-23(17(2)12-16)30-26(32)21(25(31)29-27(30)33)13-18-9-10-20(24(14-18)34-3)15-19-6-4-5-7-22(19)28/h4-14H,15H2,1-3H3,(H,29,31,33)/b21-13+. The number of urea groups is 1. The Morgan fingerprint density at radius 3 is 2.44 bits per heavy atom. The average molecular weight is 458 g/mol. The van der Waals surface area contributed by atoms with Gasteiger partial charge < -0.3 is 4.74 Å². The molecule has 0 spiro atoms. The van der Waals surface area contributed by atoms with Crippen molar-refractivity contribution in [2.75, 3.05) is 12.0 Å². The first-order chi connectivity index (χ1) is 16.3. The normalized spacial score (nSPS) is 15.0. The van der Waals surface area contributed by atoms with E-state index in [-0.39, 0.29) is 11.4 Å². The zero-order valence-corrected chi connectivity index (χ0v) is 19.0. The van der Waals surface area contributed by atoms with E-state index in [2.05, 4.69) is 5.32 Å². The van der Waals surface area contributed by atoms with E-state index in [9.17, 15) is 18.8 Å². The molecular weight excluding hydrogens is 435 g/mol. The molecule has 0 saturated carbocycles. The molecule has 1 N–H and O–H groups in total. The van der Waals surface area contributed by atoms with Crippen LogP contribution in [0.2, 0.25) is 0 Å². The molecule has 6 nitrogen and oxygen atoms in total. The summed E-state index contributed by atoms with van der Waals surface area (Å²) in [7, 11) is 1.50. The molecule has 1 aliphatic rings. The van der Waals surface area contributed by atoms with Crippen LogP contribution >= 0.6 is 0 Å². The van der Waals surface area contributed by atoms with Gasteiger partial charge in [-0.3, -0.25) is 14.9 Å². The van der Waals surface area contributed by atoms with Gasteiger partial charge in [-0.05, 0) is 60.4 Å². The molecule has 4 amide bonds. The number of nitrogens with zero attached hydrogens (tertiary/aromatic N) is 1. The highest BCUT2D eigenvalue weighted by Gasteiger charge is 2.37. The topological polar surface area (TPSA) is 75.7 Å². The quantitative estimate of drug-likeness (QED) is 0.444. The van der Waals surface area contributed by atoms with Crippen molar-refractivity contribution < 1.29 is 23.5 Å². The van der Waals surface area contributed by atoms with E-state index < -0.39 is 17.8 Å². The molecule has 0 aliphatic carbocycles. The molecule has 1 saturated heterocycles. The number of barbiturate groups is 1. The molecule has 1 aliphatic heterocycles. The number of carbonyl (C=O) groups excluding carboxylic acids is 3. The van der Waals surface area contributed by atoms with Gasteiger partial charge in [-0.1, -0.05) is 48.0 Å². The summed E-state index contributed by atoms with van der Waals surface area (Å²) in [5, 5.41) is 2.24. The summed E-state index contributed by atoms with van der Waals surface area (Å²) in [6.07, 6.45) is 1.73. The Bertz CT molecular complexity index is 1350. The second kappa shape index (κ2) is 9.31. The molecule has 4 rings (SSSR count). The van der Waals surface area contributed by atoms with Gasteiger partial charge in [-0.2, -0.15) is 0 Å². The molecule has 172 valence electrons. The lowest BCUT2D eigenvalue weighted by Crippen LogP contribution is -2.54. The Hall–Kier alpha value is -4.26. The fourth-order valence-corrected chi connectivity index (χ4v) is 3.94. The molecule has 1 fully saturated rings. The number of aryl methyl sites for hydroxylation is 2. The van der Waals surface area contributed by atoms with Gasteiger partial charge in [0.2, 0.25) is 0 Å². The van der Waals surface area contributed by atoms with Gasteiger partial charge in [0.1, 0.15) is 17.1 Å². The van der Waals surface area contributed by atoms with Crippen molar-refractivity contribution in [3.05, 3.63) is 99.9 Å². The van der Waals surface area contributed by atoms with E-state index in [1.807, 2.05) is 13.0 Å². The van der Waals surface area contributed by atoms with Gasteiger partial charge in [-0.15, -0.1) is 0 Å². The van der Waals surface area contributed by atoms with Crippen LogP contribution in [0.1, 0.15) is 27.8 Å². The van der Waals surface area contributed by atoms with Gasteiger partial charge in [0, 0.05) is 6.42 Å². The molecule has 3 aromatic rings. The van der Waals surface area contributed by atoms with E-state index in [4.69, 9.17) is 4.74 Å². The predicted molar refractivity (Wildman–Crippen MR) is 127 cm³/mol. The molecule has 0 aromatic heterocycles. The van der Waals surface area contributed by atoms with E-state index >= 15 is 0 Å². The lowest BCUT2D eigenvalue weighted by molar-refractivity contribution is -0.122. The van der Waals surface area contributed by atoms with Crippen molar-refractivity contribution in [3.8, 4) is 5.75 Å². The fourth-order valence-electron chi connectivity index (χ4n) is 3.94. The van der Waals surface area contributed by atoms with Crippen LogP contribution < -0.4 is 15.0 Å². The third-order valence-corrected chi connectivity index (χ3v) is 5.66. The molecular formula is C27H23FN2O4. The number of methoxy groups -OCH3 is 1. The number of anilines is 1. The highest BCUT2D eigenvalue weighted by molar-refractivity contribution is 6.39. The lowest BCUT2D eigenvalue weighted by atomic mass is 10.00. The number of carbonyl (C=O) groups is 3. The number of hydrogen-bond acceptors (Lipinski definition) is 4. The smallest absolute Gasteiger partial charge is 0.335 e. The number of halogens is 1. The molecule has 34 heavy (non-hydrogen) atoms. The third kappa shape index (κ3) is 4.45. The van der Waals surface area contributed by atoms with Crippen molar-refractivity contribution in [3.63, 3.8) is 0 Å². The predicted octanol–water partition coefficient (Wildman–Crippen LogP) is 4.71. The Kier molecular flexibility index (Phi) is 6.27. The largest absolute Gasteiger partial charge is 0.496 e. The van der Waals surface area contributed by atoms with Crippen molar-refractivity contribution in [2.24, 2.45) is 0 Å². The number of hydrogen-bond donors (Lipinski definition) is 1. The summed E-state index contributed by atoms with van der Waals surface area (Å²) < 4.78 is 19.6. The van der Waals surface area contributed by atoms with Crippen LogP contribution in [0.3, 0.4) is 0 Å². The number of ether oxygens (including phenoxy) is 1. The summed E-state index contributed by atoms with van der Waals surface area (Å²) in [4.78, 5) is 39.2. The third-order valence-electron chi connectivity index (χ3n) is 5.66. The van der Waals surface area contributed by atoms with Gasteiger partial charge in [-0.25, -0.2) is 14.1 Å². The van der Waals surface area contributed by atoms with Crippen LogP contribution in [0.25, 0.3) is 6.08 Å². The number of nitrogens with one attached hydrogen (secondary N) is 1. The van der Waals surface area contributed by atoms with E-state index in [0.29, 0.717) is 29.0 Å². The summed E-state index contributed by atoms with van der Waals surface area (Å²) in [6.45, 7) is 3.70. The van der Waals surface area contributed by atoms with Crippen LogP contribution in [0.15, 0.2) is 66.2 Å². The summed E-state index contributed by atoms with van der Waals surface area (Å²) >= 11 is 0. The summed E-state index contributed by atoms with van der Waals surface area (Å²) in [5.74, 6) is -1.31. The molecule has 0 unspecified atom stereocenters. The van der Waals surface area contributed by atoms with Crippen molar-refractivity contribution in [2.45, 2.75) is 20.3 Å². The van der Waals surface area contributed by atoms with Crippen molar-refractivity contribution >= 4 is 29.6 Å². The first-order valence-corrected chi connectivity index (χ1v) is 10.7. The van der Waals surface area contributed by atoms with Gasteiger partial charge in [0.05, 0.1) is 12.8 Å². The minimum Gasteiger partial charge on any atom is -0.496 e. The minimum atomic E-state index is -0.795. The SMILES string of the molecule is COc1cc(/C=C2\C(=O)NC(=O)N(c3ccc(C)cc3C)C2=O)ccc1Cc1ccccc1F. The monoisotopic (exact) mass is 458 g/mol. The Labute approximate surface area is 196 Å². The van der Waals surface area contributed by atoms with Gasteiger partial charge in [0.25, 0.3) is 11.8 Å². The molecule has 0 radical (unpaired) electrons. The molecule has 3 aromatic carbocycles. The minimum absolute atomic E-state index is 0.177. The Morgan fingerprint density at radius 1 is 0.971 bits per heavy atom. The highest BCUT2D eigenvalue weighted by atomic mass is 19.1. The van der Waals surface area contributed by atoms with Crippen LogP contribution in [0, 0.1) is 19.7 Å². The summed E-state index contributed by atoms with van der Waals surface area (Å²) in [6, 6.07) is 16.2. The number of rotatable bonds is 5. The molecule has 1 heterocycles. The fraction of sp³-hybridized carbons (Fsp3) is 0.148. The first kappa shape index (κ1) is 22.9. The first-order valence-electron chi connectivity index (χ1n) is 10.7. The molecule has 7 heteroatoms. The number of imide groups is 2. The molecule has 0 bridgehead atoms. The summed E-state index contributed by atoms with van der Waals surface area (Å²) in [5.41, 5.74) is 3.75. The van der Waals surface area contributed by atoms with E-state index in [1.54, 1.807) is 55.5 Å². The van der Waals surface area contributed by atoms with Crippen molar-refractivity contribution in [1.29, 1.82) is 0 Å². The zero-order valence-electron chi connectivity index (χ0n) is 19.0.